The van der Waals surface area contributed by atoms with Crippen molar-refractivity contribution in [2.45, 2.75) is 0 Å². The van der Waals surface area contributed by atoms with E-state index >= 15 is 0 Å². The Hall–Kier alpha value is -3.22. The quantitative estimate of drug-likeness (QED) is 0.652. The first-order valence-corrected chi connectivity index (χ1v) is 6.95. The first-order valence-electron chi connectivity index (χ1n) is 6.95. The summed E-state index contributed by atoms with van der Waals surface area (Å²) in [7, 11) is 0. The summed E-state index contributed by atoms with van der Waals surface area (Å²) in [6.45, 7) is -0.474. The third kappa shape index (κ3) is 5.20. The Bertz CT molecular complexity index is 763. The number of halogens is 2. The van der Waals surface area contributed by atoms with Gasteiger partial charge in [-0.2, -0.15) is 0 Å². The zero-order chi connectivity index (χ0) is 17.4. The lowest BCUT2D eigenvalue weighted by Crippen LogP contribution is -2.43. The number of hydrogen-bond acceptors (Lipinski definition) is 3. The SMILES string of the molecule is O=C(/C=C/c1ccccc1F)NNC(=O)COc1ccccc1F. The normalized spacial score (nSPS) is 10.4. The van der Waals surface area contributed by atoms with Crippen molar-refractivity contribution >= 4 is 17.9 Å². The van der Waals surface area contributed by atoms with Crippen LogP contribution in [-0.4, -0.2) is 18.4 Å². The van der Waals surface area contributed by atoms with Crippen LogP contribution in [0.3, 0.4) is 0 Å². The predicted molar refractivity (Wildman–Crippen MR) is 83.6 cm³/mol. The molecule has 24 heavy (non-hydrogen) atoms. The van der Waals surface area contributed by atoms with Crippen molar-refractivity contribution in [2.24, 2.45) is 0 Å². The van der Waals surface area contributed by atoms with Crippen molar-refractivity contribution in [3.8, 4) is 5.75 Å². The number of benzene rings is 2. The predicted octanol–water partition coefficient (Wildman–Crippen LogP) is 2.20. The highest BCUT2D eigenvalue weighted by Crippen LogP contribution is 2.14. The number of rotatable bonds is 5. The van der Waals surface area contributed by atoms with Crippen LogP contribution < -0.4 is 15.6 Å². The number of para-hydroxylation sites is 1. The number of ether oxygens (including phenoxy) is 1. The van der Waals surface area contributed by atoms with E-state index in [2.05, 4.69) is 10.9 Å². The lowest BCUT2D eigenvalue weighted by molar-refractivity contribution is -0.128. The summed E-state index contributed by atoms with van der Waals surface area (Å²) in [5, 5.41) is 0. The maximum atomic E-state index is 13.3. The summed E-state index contributed by atoms with van der Waals surface area (Å²) >= 11 is 0. The largest absolute Gasteiger partial charge is 0.481 e. The number of amides is 2. The van der Waals surface area contributed by atoms with Gasteiger partial charge >= 0.3 is 0 Å². The van der Waals surface area contributed by atoms with Gasteiger partial charge in [0, 0.05) is 11.6 Å². The Morgan fingerprint density at radius 2 is 1.62 bits per heavy atom. The second-order valence-corrected chi connectivity index (χ2v) is 4.61. The third-order valence-corrected chi connectivity index (χ3v) is 2.84. The van der Waals surface area contributed by atoms with Crippen molar-refractivity contribution in [1.29, 1.82) is 0 Å². The van der Waals surface area contributed by atoms with Crippen LogP contribution in [0.1, 0.15) is 5.56 Å². The standard InChI is InChI=1S/C17H14F2N2O3/c18-13-6-2-1-5-12(13)9-10-16(22)20-21-17(23)11-24-15-8-4-3-7-14(15)19/h1-10H,11H2,(H,20,22)(H,21,23)/b10-9+. The number of hydrazine groups is 1. The van der Waals surface area contributed by atoms with Gasteiger partial charge in [-0.15, -0.1) is 0 Å². The number of hydrogen-bond donors (Lipinski definition) is 2. The highest BCUT2D eigenvalue weighted by Gasteiger charge is 2.06. The summed E-state index contributed by atoms with van der Waals surface area (Å²) in [5.74, 6) is -2.46. The molecule has 2 aromatic rings. The molecular formula is C17H14F2N2O3. The van der Waals surface area contributed by atoms with Crippen LogP contribution in [0.25, 0.3) is 6.08 Å². The summed E-state index contributed by atoms with van der Waals surface area (Å²) in [6, 6.07) is 11.5. The van der Waals surface area contributed by atoms with Crippen LogP contribution in [0.2, 0.25) is 0 Å². The van der Waals surface area contributed by atoms with Crippen molar-refractivity contribution in [3.05, 3.63) is 71.8 Å². The van der Waals surface area contributed by atoms with Crippen LogP contribution in [-0.2, 0) is 9.59 Å². The van der Waals surface area contributed by atoms with E-state index in [1.54, 1.807) is 12.1 Å². The van der Waals surface area contributed by atoms with Gasteiger partial charge in [-0.3, -0.25) is 20.4 Å². The van der Waals surface area contributed by atoms with Gasteiger partial charge in [0.25, 0.3) is 11.8 Å². The maximum Gasteiger partial charge on any atom is 0.276 e. The molecule has 0 aliphatic heterocycles. The fourth-order valence-electron chi connectivity index (χ4n) is 1.69. The Morgan fingerprint density at radius 3 is 2.33 bits per heavy atom. The summed E-state index contributed by atoms with van der Waals surface area (Å²) < 4.78 is 31.6. The van der Waals surface area contributed by atoms with E-state index in [9.17, 15) is 18.4 Å². The lowest BCUT2D eigenvalue weighted by Gasteiger charge is -2.08. The topological polar surface area (TPSA) is 67.4 Å². The molecule has 2 N–H and O–H groups in total. The molecule has 0 radical (unpaired) electrons. The lowest BCUT2D eigenvalue weighted by atomic mass is 10.2. The molecule has 0 fully saturated rings. The van der Waals surface area contributed by atoms with Crippen molar-refractivity contribution in [1.82, 2.24) is 10.9 Å². The number of nitrogens with one attached hydrogen (secondary N) is 2. The average Bonchev–Trinajstić information content (AvgIpc) is 2.58. The fraction of sp³-hybridized carbons (Fsp3) is 0.0588. The Morgan fingerprint density at radius 1 is 0.958 bits per heavy atom. The molecular weight excluding hydrogens is 318 g/mol. The van der Waals surface area contributed by atoms with Gasteiger partial charge < -0.3 is 4.74 Å². The van der Waals surface area contributed by atoms with E-state index in [0.29, 0.717) is 0 Å². The molecule has 0 aliphatic carbocycles. The maximum absolute atomic E-state index is 13.3. The first-order chi connectivity index (χ1) is 11.6. The zero-order valence-corrected chi connectivity index (χ0v) is 12.5. The second-order valence-electron chi connectivity index (χ2n) is 4.61. The molecule has 0 spiro atoms. The molecule has 124 valence electrons. The molecule has 0 saturated heterocycles. The summed E-state index contributed by atoms with van der Waals surface area (Å²) in [5.41, 5.74) is 4.43. The molecule has 0 atom stereocenters. The van der Waals surface area contributed by atoms with E-state index < -0.39 is 30.1 Å². The molecule has 5 nitrogen and oxygen atoms in total. The minimum absolute atomic E-state index is 0.0709. The Labute approximate surface area is 136 Å². The molecule has 0 saturated carbocycles. The van der Waals surface area contributed by atoms with Crippen LogP contribution in [0.15, 0.2) is 54.6 Å². The minimum atomic E-state index is -0.675. The highest BCUT2D eigenvalue weighted by atomic mass is 19.1. The van der Waals surface area contributed by atoms with Gasteiger partial charge in [-0.1, -0.05) is 30.3 Å². The molecule has 0 bridgehead atoms. The van der Waals surface area contributed by atoms with Gasteiger partial charge in [-0.25, -0.2) is 8.78 Å². The Balaban J connectivity index is 1.76. The second kappa shape index (κ2) is 8.42. The van der Waals surface area contributed by atoms with Crippen molar-refractivity contribution in [3.63, 3.8) is 0 Å². The van der Waals surface area contributed by atoms with Crippen LogP contribution in [0.4, 0.5) is 8.78 Å². The smallest absolute Gasteiger partial charge is 0.276 e. The van der Waals surface area contributed by atoms with Crippen molar-refractivity contribution in [2.75, 3.05) is 6.61 Å². The molecule has 2 amide bonds. The van der Waals surface area contributed by atoms with E-state index in [1.165, 1.54) is 42.5 Å². The minimum Gasteiger partial charge on any atom is -0.481 e. The van der Waals surface area contributed by atoms with E-state index in [0.717, 1.165) is 6.08 Å². The third-order valence-electron chi connectivity index (χ3n) is 2.84. The van der Waals surface area contributed by atoms with E-state index in [4.69, 9.17) is 4.74 Å². The molecule has 0 heterocycles. The molecule has 0 unspecified atom stereocenters. The van der Waals surface area contributed by atoms with E-state index in [1.807, 2.05) is 0 Å². The van der Waals surface area contributed by atoms with Gasteiger partial charge in [0.05, 0.1) is 0 Å². The molecule has 0 aliphatic rings. The average molecular weight is 332 g/mol. The van der Waals surface area contributed by atoms with Crippen LogP contribution in [0.5, 0.6) is 5.75 Å². The summed E-state index contributed by atoms with van der Waals surface area (Å²) in [6.07, 6.45) is 2.34. The summed E-state index contributed by atoms with van der Waals surface area (Å²) in [4.78, 5) is 23.0. The molecule has 0 aromatic heterocycles. The van der Waals surface area contributed by atoms with Crippen LogP contribution in [0, 0.1) is 11.6 Å². The highest BCUT2D eigenvalue weighted by molar-refractivity contribution is 5.93. The van der Waals surface area contributed by atoms with Crippen LogP contribution >= 0.6 is 0 Å². The first kappa shape index (κ1) is 17.1. The zero-order valence-electron chi connectivity index (χ0n) is 12.5. The van der Waals surface area contributed by atoms with E-state index in [-0.39, 0.29) is 11.3 Å². The molecule has 2 rings (SSSR count). The monoisotopic (exact) mass is 332 g/mol. The van der Waals surface area contributed by atoms with Gasteiger partial charge in [0.2, 0.25) is 0 Å². The van der Waals surface area contributed by atoms with Gasteiger partial charge in [0.1, 0.15) is 5.82 Å². The molecule has 2 aromatic carbocycles. The van der Waals surface area contributed by atoms with Gasteiger partial charge in [-0.05, 0) is 24.3 Å². The van der Waals surface area contributed by atoms with Gasteiger partial charge in [0.15, 0.2) is 18.2 Å². The number of carbonyl (C=O) groups is 2. The number of carbonyl (C=O) groups excluding carboxylic acids is 2. The molecule has 7 heteroatoms. The Kier molecular flexibility index (Phi) is 6.01. The fourth-order valence-corrected chi connectivity index (χ4v) is 1.69. The van der Waals surface area contributed by atoms with Crippen molar-refractivity contribution < 1.29 is 23.1 Å².